The van der Waals surface area contributed by atoms with E-state index in [2.05, 4.69) is 17.7 Å². The van der Waals surface area contributed by atoms with Crippen LogP contribution in [-0.2, 0) is 16.2 Å². The van der Waals surface area contributed by atoms with E-state index in [0.717, 1.165) is 37.9 Å². The van der Waals surface area contributed by atoms with Gasteiger partial charge in [0.1, 0.15) is 0 Å². The average Bonchev–Trinajstić information content (AvgIpc) is 2.90. The van der Waals surface area contributed by atoms with Crippen molar-refractivity contribution in [1.29, 1.82) is 0 Å². The lowest BCUT2D eigenvalue weighted by molar-refractivity contribution is -0.144. The Labute approximate surface area is 114 Å². The quantitative estimate of drug-likeness (QED) is 0.771. The first-order valence-corrected chi connectivity index (χ1v) is 6.94. The zero-order chi connectivity index (χ0) is 13.6. The van der Waals surface area contributed by atoms with Gasteiger partial charge in [0.25, 0.3) is 5.91 Å². The molecule has 2 rings (SSSR count). The summed E-state index contributed by atoms with van der Waals surface area (Å²) >= 11 is 0. The Hall–Kier alpha value is -1.39. The topological polar surface area (TPSA) is 50.4 Å². The number of benzene rings is 1. The molecule has 104 valence electrons. The molecule has 4 heteroatoms. The maximum Gasteiger partial charge on any atom is 0.251 e. The second-order valence-corrected chi connectivity index (χ2v) is 5.16. The van der Waals surface area contributed by atoms with Gasteiger partial charge in [0.05, 0.1) is 12.0 Å². The minimum absolute atomic E-state index is 0.00952. The summed E-state index contributed by atoms with van der Waals surface area (Å²) in [5.41, 5.74) is 3.39. The first kappa shape index (κ1) is 14.0. The summed E-state index contributed by atoms with van der Waals surface area (Å²) in [6, 6.07) is 9.83. The van der Waals surface area contributed by atoms with Crippen molar-refractivity contribution in [3.8, 4) is 0 Å². The fourth-order valence-corrected chi connectivity index (χ4v) is 2.61. The van der Waals surface area contributed by atoms with Gasteiger partial charge in [-0.15, -0.1) is 0 Å². The number of amides is 1. The lowest BCUT2D eigenvalue weighted by atomic mass is 9.82. The predicted octanol–water partition coefficient (Wildman–Crippen LogP) is 2.01. The molecule has 2 N–H and O–H groups in total. The summed E-state index contributed by atoms with van der Waals surface area (Å²) in [5, 5.41) is 3.27. The molecule has 1 aliphatic rings. The maximum atomic E-state index is 12.3. The van der Waals surface area contributed by atoms with E-state index < -0.39 is 0 Å². The molecular formula is C15H22N2O2. The third kappa shape index (κ3) is 3.55. The molecule has 0 radical (unpaired) electrons. The van der Waals surface area contributed by atoms with E-state index in [0.29, 0.717) is 6.61 Å². The lowest BCUT2D eigenvalue weighted by Gasteiger charge is -2.25. The van der Waals surface area contributed by atoms with Crippen molar-refractivity contribution in [2.75, 3.05) is 13.1 Å². The maximum absolute atomic E-state index is 12.3. The number of nitrogens with one attached hydrogen (secondary N) is 2. The molecule has 19 heavy (non-hydrogen) atoms. The minimum atomic E-state index is -0.286. The Bertz CT molecular complexity index is 400. The van der Waals surface area contributed by atoms with E-state index in [4.69, 9.17) is 4.84 Å². The SMILES string of the molecule is CCCC1(C(=O)NOCc2ccccc2)CCNC1. The van der Waals surface area contributed by atoms with Crippen molar-refractivity contribution < 1.29 is 9.63 Å². The van der Waals surface area contributed by atoms with Crippen LogP contribution in [0.1, 0.15) is 31.7 Å². The third-order valence-corrected chi connectivity index (χ3v) is 3.70. The van der Waals surface area contributed by atoms with E-state index in [1.54, 1.807) is 0 Å². The lowest BCUT2D eigenvalue weighted by Crippen LogP contribution is -2.42. The third-order valence-electron chi connectivity index (χ3n) is 3.70. The molecule has 0 bridgehead atoms. The molecule has 4 nitrogen and oxygen atoms in total. The van der Waals surface area contributed by atoms with Crippen LogP contribution in [0.5, 0.6) is 0 Å². The minimum Gasteiger partial charge on any atom is -0.316 e. The van der Waals surface area contributed by atoms with Crippen LogP contribution < -0.4 is 10.8 Å². The van der Waals surface area contributed by atoms with Crippen molar-refractivity contribution in [3.63, 3.8) is 0 Å². The first-order valence-electron chi connectivity index (χ1n) is 6.94. The molecule has 0 aliphatic carbocycles. The molecule has 0 saturated carbocycles. The molecule has 1 aliphatic heterocycles. The van der Waals surface area contributed by atoms with Gasteiger partial charge in [-0.25, -0.2) is 5.48 Å². The number of rotatable bonds is 6. The van der Waals surface area contributed by atoms with Crippen molar-refractivity contribution in [2.24, 2.45) is 5.41 Å². The molecule has 1 fully saturated rings. The van der Waals surface area contributed by atoms with Gasteiger partial charge in [-0.05, 0) is 24.9 Å². The standard InChI is InChI=1S/C15H22N2O2/c1-2-8-15(9-10-16-12-15)14(18)17-19-11-13-6-4-3-5-7-13/h3-7,16H,2,8-12H2,1H3,(H,17,18). The molecule has 1 aromatic rings. The number of hydrogen-bond acceptors (Lipinski definition) is 3. The second kappa shape index (κ2) is 6.68. The number of carbonyl (C=O) groups is 1. The van der Waals surface area contributed by atoms with Crippen molar-refractivity contribution in [3.05, 3.63) is 35.9 Å². The molecule has 0 aromatic heterocycles. The van der Waals surface area contributed by atoms with E-state index in [1.165, 1.54) is 0 Å². The largest absolute Gasteiger partial charge is 0.316 e. The number of hydroxylamine groups is 1. The van der Waals surface area contributed by atoms with Gasteiger partial charge < -0.3 is 5.32 Å². The predicted molar refractivity (Wildman–Crippen MR) is 74.2 cm³/mol. The van der Waals surface area contributed by atoms with Crippen LogP contribution in [0, 0.1) is 5.41 Å². The number of carbonyl (C=O) groups excluding carboxylic acids is 1. The molecule has 1 saturated heterocycles. The summed E-state index contributed by atoms with van der Waals surface area (Å²) in [6.07, 6.45) is 2.80. The van der Waals surface area contributed by atoms with Crippen molar-refractivity contribution >= 4 is 5.91 Å². The van der Waals surface area contributed by atoms with Crippen LogP contribution in [0.2, 0.25) is 0 Å². The first-order chi connectivity index (χ1) is 9.27. The monoisotopic (exact) mass is 262 g/mol. The molecular weight excluding hydrogens is 240 g/mol. The highest BCUT2D eigenvalue weighted by Crippen LogP contribution is 2.31. The van der Waals surface area contributed by atoms with Crippen molar-refractivity contribution in [2.45, 2.75) is 32.8 Å². The summed E-state index contributed by atoms with van der Waals surface area (Å²) in [6.45, 7) is 4.17. The molecule has 1 heterocycles. The van der Waals surface area contributed by atoms with Gasteiger partial charge >= 0.3 is 0 Å². The molecule has 1 unspecified atom stereocenters. The van der Waals surface area contributed by atoms with Crippen LogP contribution in [0.15, 0.2) is 30.3 Å². The summed E-state index contributed by atoms with van der Waals surface area (Å²) < 4.78 is 0. The summed E-state index contributed by atoms with van der Waals surface area (Å²) in [4.78, 5) is 17.6. The van der Waals surface area contributed by atoms with Crippen LogP contribution >= 0.6 is 0 Å². The molecule has 1 aromatic carbocycles. The zero-order valence-electron chi connectivity index (χ0n) is 11.4. The van der Waals surface area contributed by atoms with Crippen LogP contribution in [0.4, 0.5) is 0 Å². The highest BCUT2D eigenvalue weighted by molar-refractivity contribution is 5.82. The van der Waals surface area contributed by atoms with Crippen LogP contribution in [0.3, 0.4) is 0 Å². The summed E-state index contributed by atoms with van der Waals surface area (Å²) in [5.74, 6) is 0.00952. The van der Waals surface area contributed by atoms with Crippen LogP contribution in [0.25, 0.3) is 0 Å². The molecule has 1 amide bonds. The van der Waals surface area contributed by atoms with E-state index in [9.17, 15) is 4.79 Å². The van der Waals surface area contributed by atoms with Gasteiger partial charge in [0, 0.05) is 6.54 Å². The number of hydrogen-bond donors (Lipinski definition) is 2. The van der Waals surface area contributed by atoms with E-state index in [1.807, 2.05) is 30.3 Å². The second-order valence-electron chi connectivity index (χ2n) is 5.16. The zero-order valence-corrected chi connectivity index (χ0v) is 11.4. The van der Waals surface area contributed by atoms with Gasteiger partial charge in [0.2, 0.25) is 0 Å². The normalized spacial score (nSPS) is 22.4. The van der Waals surface area contributed by atoms with Crippen LogP contribution in [-0.4, -0.2) is 19.0 Å². The Morgan fingerprint density at radius 3 is 2.84 bits per heavy atom. The van der Waals surface area contributed by atoms with Gasteiger partial charge in [0.15, 0.2) is 0 Å². The van der Waals surface area contributed by atoms with Gasteiger partial charge in [-0.3, -0.25) is 9.63 Å². The smallest absolute Gasteiger partial charge is 0.251 e. The van der Waals surface area contributed by atoms with Gasteiger partial charge in [-0.1, -0.05) is 43.7 Å². The van der Waals surface area contributed by atoms with E-state index >= 15 is 0 Å². The van der Waals surface area contributed by atoms with E-state index in [-0.39, 0.29) is 11.3 Å². The molecule has 0 spiro atoms. The Morgan fingerprint density at radius 1 is 1.42 bits per heavy atom. The Kier molecular flexibility index (Phi) is 4.93. The fourth-order valence-electron chi connectivity index (χ4n) is 2.61. The van der Waals surface area contributed by atoms with Gasteiger partial charge in [-0.2, -0.15) is 0 Å². The summed E-state index contributed by atoms with van der Waals surface area (Å²) in [7, 11) is 0. The fraction of sp³-hybridized carbons (Fsp3) is 0.533. The van der Waals surface area contributed by atoms with Crippen molar-refractivity contribution in [1.82, 2.24) is 10.8 Å². The highest BCUT2D eigenvalue weighted by Gasteiger charge is 2.40. The average molecular weight is 262 g/mol. The highest BCUT2D eigenvalue weighted by atomic mass is 16.6. The Morgan fingerprint density at radius 2 is 2.21 bits per heavy atom. The molecule has 1 atom stereocenters. The Balaban J connectivity index is 1.83.